The minimum absolute atomic E-state index is 0.350. The van der Waals surface area contributed by atoms with Crippen LogP contribution in [0.25, 0.3) is 0 Å². The zero-order valence-corrected chi connectivity index (χ0v) is 13.9. The van der Waals surface area contributed by atoms with E-state index in [0.717, 1.165) is 12.8 Å². The largest absolute Gasteiger partial charge is 0.480 e. The number of carboxylic acid groups (broad SMARTS) is 1. The number of pyridine rings is 1. The first-order valence-corrected chi connectivity index (χ1v) is 8.39. The number of hydrogen-bond acceptors (Lipinski definition) is 3. The summed E-state index contributed by atoms with van der Waals surface area (Å²) in [5.74, 6) is -0.526. The highest BCUT2D eigenvalue weighted by Crippen LogP contribution is 2.37. The van der Waals surface area contributed by atoms with E-state index in [0.29, 0.717) is 23.0 Å². The highest BCUT2D eigenvalue weighted by atomic mass is 32.1. The molecule has 22 heavy (non-hydrogen) atoms. The molecule has 1 unspecified atom stereocenters. The van der Waals surface area contributed by atoms with Crippen molar-refractivity contribution in [2.45, 2.75) is 50.4 Å². The molecule has 1 aromatic heterocycles. The van der Waals surface area contributed by atoms with Gasteiger partial charge < -0.3 is 10.4 Å². The highest BCUT2D eigenvalue weighted by Gasteiger charge is 2.47. The summed E-state index contributed by atoms with van der Waals surface area (Å²) in [6.45, 7) is 0. The number of aromatic nitrogens is 1. The van der Waals surface area contributed by atoms with Crippen LogP contribution in [-0.2, 0) is 10.2 Å². The quantitative estimate of drug-likeness (QED) is 0.644. The third-order valence-electron chi connectivity index (χ3n) is 4.65. The monoisotopic (exact) mass is 320 g/mol. The summed E-state index contributed by atoms with van der Waals surface area (Å²) in [5, 5.41) is 12.9. The SMILES string of the molecule is CNC(=S)C(CC1CCCCCC1)(C(=O)O)c1ccccn1. The first kappa shape index (κ1) is 16.9. The van der Waals surface area contributed by atoms with Gasteiger partial charge in [-0.15, -0.1) is 0 Å². The third kappa shape index (κ3) is 3.46. The predicted molar refractivity (Wildman–Crippen MR) is 91.0 cm³/mol. The van der Waals surface area contributed by atoms with Crippen molar-refractivity contribution in [2.24, 2.45) is 5.92 Å². The minimum atomic E-state index is -1.22. The zero-order valence-electron chi connectivity index (χ0n) is 13.0. The van der Waals surface area contributed by atoms with Crippen molar-refractivity contribution in [1.29, 1.82) is 0 Å². The average molecular weight is 320 g/mol. The van der Waals surface area contributed by atoms with Crippen LogP contribution < -0.4 is 5.32 Å². The predicted octanol–water partition coefficient (Wildman–Crippen LogP) is 3.31. The molecule has 1 heterocycles. The molecule has 1 fully saturated rings. The molecule has 1 aliphatic carbocycles. The summed E-state index contributed by atoms with van der Waals surface area (Å²) >= 11 is 5.42. The Labute approximate surface area is 137 Å². The summed E-state index contributed by atoms with van der Waals surface area (Å²) in [6, 6.07) is 5.39. The molecule has 2 rings (SSSR count). The molecule has 0 bridgehead atoms. The minimum Gasteiger partial charge on any atom is -0.480 e. The van der Waals surface area contributed by atoms with Gasteiger partial charge in [-0.2, -0.15) is 0 Å². The van der Waals surface area contributed by atoms with Crippen LogP contribution in [0, 0.1) is 5.92 Å². The fourth-order valence-electron chi connectivity index (χ4n) is 3.44. The number of likely N-dealkylation sites (N-methyl/N-ethyl adjacent to an activating group) is 1. The van der Waals surface area contributed by atoms with Crippen LogP contribution in [0.15, 0.2) is 24.4 Å². The molecule has 1 saturated carbocycles. The molecule has 0 radical (unpaired) electrons. The van der Waals surface area contributed by atoms with Crippen molar-refractivity contribution < 1.29 is 9.90 Å². The van der Waals surface area contributed by atoms with Crippen LogP contribution in [0.3, 0.4) is 0 Å². The van der Waals surface area contributed by atoms with Crippen molar-refractivity contribution in [1.82, 2.24) is 10.3 Å². The van der Waals surface area contributed by atoms with Gasteiger partial charge in [0.25, 0.3) is 0 Å². The van der Waals surface area contributed by atoms with Crippen molar-refractivity contribution in [3.8, 4) is 0 Å². The van der Waals surface area contributed by atoms with Crippen LogP contribution in [0.2, 0.25) is 0 Å². The molecule has 1 aliphatic rings. The first-order chi connectivity index (χ1) is 10.6. The van der Waals surface area contributed by atoms with Gasteiger partial charge in [-0.25, -0.2) is 0 Å². The van der Waals surface area contributed by atoms with Gasteiger partial charge in [0.2, 0.25) is 0 Å². The zero-order chi connectivity index (χ0) is 16.0. The number of carbonyl (C=O) groups is 1. The van der Waals surface area contributed by atoms with E-state index < -0.39 is 11.4 Å². The number of aliphatic carboxylic acids is 1. The van der Waals surface area contributed by atoms with E-state index >= 15 is 0 Å². The van der Waals surface area contributed by atoms with E-state index in [1.807, 2.05) is 6.07 Å². The second-order valence-corrected chi connectivity index (χ2v) is 6.47. The van der Waals surface area contributed by atoms with Gasteiger partial charge in [0.15, 0.2) is 5.41 Å². The normalized spacial score (nSPS) is 19.0. The molecule has 5 heteroatoms. The molecule has 120 valence electrons. The summed E-state index contributed by atoms with van der Waals surface area (Å²) in [6.07, 6.45) is 9.16. The van der Waals surface area contributed by atoms with Crippen LogP contribution in [0.4, 0.5) is 0 Å². The van der Waals surface area contributed by atoms with E-state index in [2.05, 4.69) is 10.3 Å². The highest BCUT2D eigenvalue weighted by molar-refractivity contribution is 7.80. The van der Waals surface area contributed by atoms with E-state index in [1.165, 1.54) is 25.7 Å². The fraction of sp³-hybridized carbons (Fsp3) is 0.588. The third-order valence-corrected chi connectivity index (χ3v) is 5.20. The molecule has 0 amide bonds. The van der Waals surface area contributed by atoms with Gasteiger partial charge in [0, 0.05) is 13.2 Å². The Morgan fingerprint density at radius 3 is 2.55 bits per heavy atom. The van der Waals surface area contributed by atoms with Crippen molar-refractivity contribution >= 4 is 23.2 Å². The molecule has 0 saturated heterocycles. The lowest BCUT2D eigenvalue weighted by Crippen LogP contribution is -2.50. The topological polar surface area (TPSA) is 62.2 Å². The Bertz CT molecular complexity index is 513. The van der Waals surface area contributed by atoms with E-state index in [1.54, 1.807) is 25.4 Å². The summed E-state index contributed by atoms with van der Waals surface area (Å²) in [5.41, 5.74) is -0.688. The van der Waals surface area contributed by atoms with Gasteiger partial charge in [0.05, 0.1) is 10.7 Å². The number of thiocarbonyl (C=S) groups is 1. The number of nitrogens with zero attached hydrogens (tertiary/aromatic N) is 1. The smallest absolute Gasteiger partial charge is 0.322 e. The molecule has 2 N–H and O–H groups in total. The lowest BCUT2D eigenvalue weighted by molar-refractivity contribution is -0.141. The number of rotatable bonds is 5. The molecular formula is C17H24N2O2S. The fourth-order valence-corrected chi connectivity index (χ4v) is 3.71. The number of nitrogens with one attached hydrogen (secondary N) is 1. The maximum absolute atomic E-state index is 12.2. The van der Waals surface area contributed by atoms with E-state index in [-0.39, 0.29) is 0 Å². The first-order valence-electron chi connectivity index (χ1n) is 7.98. The van der Waals surface area contributed by atoms with Crippen LogP contribution in [0.5, 0.6) is 0 Å². The van der Waals surface area contributed by atoms with E-state index in [4.69, 9.17) is 12.2 Å². The Kier molecular flexibility index (Phi) is 5.89. The van der Waals surface area contributed by atoms with Crippen LogP contribution >= 0.6 is 12.2 Å². The van der Waals surface area contributed by atoms with E-state index in [9.17, 15) is 9.90 Å². The lowest BCUT2D eigenvalue weighted by Gasteiger charge is -2.33. The van der Waals surface area contributed by atoms with Crippen LogP contribution in [0.1, 0.15) is 50.6 Å². The molecule has 4 nitrogen and oxygen atoms in total. The Balaban J connectivity index is 2.39. The Morgan fingerprint density at radius 2 is 2.05 bits per heavy atom. The summed E-state index contributed by atoms with van der Waals surface area (Å²) in [4.78, 5) is 16.9. The van der Waals surface area contributed by atoms with Crippen LogP contribution in [-0.4, -0.2) is 28.1 Å². The Morgan fingerprint density at radius 1 is 1.36 bits per heavy atom. The van der Waals surface area contributed by atoms with Gasteiger partial charge in [-0.05, 0) is 24.5 Å². The summed E-state index contributed by atoms with van der Waals surface area (Å²) in [7, 11) is 1.69. The molecule has 0 spiro atoms. The summed E-state index contributed by atoms with van der Waals surface area (Å²) < 4.78 is 0. The molecular weight excluding hydrogens is 296 g/mol. The molecule has 1 atom stereocenters. The second-order valence-electron chi connectivity index (χ2n) is 6.07. The molecule has 1 aromatic rings. The van der Waals surface area contributed by atoms with Crippen molar-refractivity contribution in [2.75, 3.05) is 7.05 Å². The standard InChI is InChI=1S/C17H24N2O2S/c1-18-15(22)17(16(20)21,14-10-6-7-11-19-14)12-13-8-4-2-3-5-9-13/h6-7,10-11,13H,2-5,8-9,12H2,1H3,(H,18,22)(H,20,21). The number of hydrogen-bond donors (Lipinski definition) is 2. The number of carboxylic acids is 1. The lowest BCUT2D eigenvalue weighted by atomic mass is 9.74. The second kappa shape index (κ2) is 7.68. The average Bonchev–Trinajstić information content (AvgIpc) is 2.81. The van der Waals surface area contributed by atoms with Gasteiger partial charge in [-0.1, -0.05) is 56.8 Å². The van der Waals surface area contributed by atoms with Crippen molar-refractivity contribution in [3.63, 3.8) is 0 Å². The molecule has 0 aliphatic heterocycles. The van der Waals surface area contributed by atoms with Gasteiger partial charge >= 0.3 is 5.97 Å². The maximum atomic E-state index is 12.2. The van der Waals surface area contributed by atoms with Gasteiger partial charge in [-0.3, -0.25) is 9.78 Å². The van der Waals surface area contributed by atoms with Gasteiger partial charge in [0.1, 0.15) is 0 Å². The van der Waals surface area contributed by atoms with Crippen molar-refractivity contribution in [3.05, 3.63) is 30.1 Å². The maximum Gasteiger partial charge on any atom is 0.322 e. The Hall–Kier alpha value is -1.49. The molecule has 0 aromatic carbocycles.